The zero-order valence-electron chi connectivity index (χ0n) is 12.5. The Morgan fingerprint density at radius 3 is 2.86 bits per heavy atom. The van der Waals surface area contributed by atoms with Crippen molar-refractivity contribution in [1.82, 2.24) is 9.78 Å². The fraction of sp³-hybridized carbons (Fsp3) is 0.471. The molecule has 0 saturated heterocycles. The molecule has 3 rings (SSSR count). The van der Waals surface area contributed by atoms with Gasteiger partial charge < -0.3 is 5.11 Å². The molecule has 1 N–H and O–H groups in total. The summed E-state index contributed by atoms with van der Waals surface area (Å²) in [5.41, 5.74) is 4.42. The van der Waals surface area contributed by atoms with Crippen LogP contribution in [0.3, 0.4) is 0 Å². The lowest BCUT2D eigenvalue weighted by atomic mass is 10.0. The first-order valence-electron chi connectivity index (χ1n) is 7.59. The Balaban J connectivity index is 1.82. The molecule has 1 aromatic carbocycles. The van der Waals surface area contributed by atoms with E-state index >= 15 is 0 Å². The molecule has 1 aliphatic rings. The molecular weight excluding hydrogens is 328 g/mol. The molecule has 1 aromatic heterocycles. The van der Waals surface area contributed by atoms with Crippen LogP contribution < -0.4 is 0 Å². The van der Waals surface area contributed by atoms with Gasteiger partial charge >= 0.3 is 0 Å². The number of benzene rings is 1. The van der Waals surface area contributed by atoms with Crippen LogP contribution in [0.1, 0.15) is 54.3 Å². The fourth-order valence-electron chi connectivity index (χ4n) is 2.80. The lowest BCUT2D eigenvalue weighted by Crippen LogP contribution is -2.09. The van der Waals surface area contributed by atoms with Crippen molar-refractivity contribution in [2.75, 3.05) is 0 Å². The maximum Gasteiger partial charge on any atom is 0.0845 e. The Bertz CT molecular complexity index is 646. The van der Waals surface area contributed by atoms with E-state index in [1.54, 1.807) is 0 Å². The molecular formula is C17H21BrN2O. The molecule has 1 atom stereocenters. The zero-order valence-corrected chi connectivity index (χ0v) is 14.1. The highest BCUT2D eigenvalue weighted by Crippen LogP contribution is 2.40. The van der Waals surface area contributed by atoms with Gasteiger partial charge in [-0.25, -0.2) is 0 Å². The van der Waals surface area contributed by atoms with Gasteiger partial charge in [-0.3, -0.25) is 4.68 Å². The predicted molar refractivity (Wildman–Crippen MR) is 87.4 cm³/mol. The molecule has 0 spiro atoms. The highest BCUT2D eigenvalue weighted by Gasteiger charge is 2.24. The van der Waals surface area contributed by atoms with Crippen molar-refractivity contribution in [1.29, 1.82) is 0 Å². The van der Waals surface area contributed by atoms with Gasteiger partial charge in [0.15, 0.2) is 0 Å². The highest BCUT2D eigenvalue weighted by atomic mass is 79.9. The second-order valence-electron chi connectivity index (χ2n) is 5.83. The number of aliphatic hydroxyl groups is 1. The third-order valence-electron chi connectivity index (χ3n) is 4.18. The van der Waals surface area contributed by atoms with Gasteiger partial charge in [0.25, 0.3) is 0 Å². The molecule has 3 nitrogen and oxygen atoms in total. The maximum atomic E-state index is 10.6. The van der Waals surface area contributed by atoms with E-state index in [-0.39, 0.29) is 0 Å². The molecule has 0 bridgehead atoms. The van der Waals surface area contributed by atoms with Crippen LogP contribution in [0.2, 0.25) is 0 Å². The predicted octanol–water partition coefficient (Wildman–Crippen LogP) is 4.13. The van der Waals surface area contributed by atoms with Crippen LogP contribution in [0.15, 0.2) is 28.7 Å². The van der Waals surface area contributed by atoms with Crippen molar-refractivity contribution in [2.45, 2.75) is 51.7 Å². The quantitative estimate of drug-likeness (QED) is 0.882. The molecule has 0 aliphatic heterocycles. The van der Waals surface area contributed by atoms with Crippen LogP contribution in [-0.2, 0) is 13.0 Å². The summed E-state index contributed by atoms with van der Waals surface area (Å²) < 4.78 is 2.98. The summed E-state index contributed by atoms with van der Waals surface area (Å²) in [6, 6.07) is 8.41. The number of halogens is 1. The van der Waals surface area contributed by atoms with Crippen molar-refractivity contribution in [2.24, 2.45) is 0 Å². The second-order valence-corrected chi connectivity index (χ2v) is 6.62. The second kappa shape index (κ2) is 5.93. The first kappa shape index (κ1) is 14.8. The zero-order chi connectivity index (χ0) is 15.0. The SMILES string of the molecule is CCn1nc(C)c(Br)c1CC(O)c1cccc(C2CC2)c1. The minimum atomic E-state index is -0.485. The highest BCUT2D eigenvalue weighted by molar-refractivity contribution is 9.10. The van der Waals surface area contributed by atoms with Gasteiger partial charge in [-0.05, 0) is 59.7 Å². The van der Waals surface area contributed by atoms with Crippen LogP contribution in [0, 0.1) is 6.92 Å². The van der Waals surface area contributed by atoms with E-state index in [2.05, 4.69) is 46.2 Å². The molecule has 1 saturated carbocycles. The Morgan fingerprint density at radius 1 is 1.43 bits per heavy atom. The minimum absolute atomic E-state index is 0.485. The summed E-state index contributed by atoms with van der Waals surface area (Å²) in [7, 11) is 0. The third kappa shape index (κ3) is 3.06. The summed E-state index contributed by atoms with van der Waals surface area (Å²) in [6.45, 7) is 4.87. The summed E-state index contributed by atoms with van der Waals surface area (Å²) in [4.78, 5) is 0. The Labute approximate surface area is 134 Å². The summed E-state index contributed by atoms with van der Waals surface area (Å²) >= 11 is 3.60. The maximum absolute atomic E-state index is 10.6. The first-order chi connectivity index (χ1) is 10.1. The topological polar surface area (TPSA) is 38.0 Å². The minimum Gasteiger partial charge on any atom is -0.388 e. The van der Waals surface area contributed by atoms with E-state index in [4.69, 9.17) is 0 Å². The van der Waals surface area contributed by atoms with Gasteiger partial charge in [-0.15, -0.1) is 0 Å². The van der Waals surface area contributed by atoms with Crippen LogP contribution in [0.4, 0.5) is 0 Å². The van der Waals surface area contributed by atoms with Crippen molar-refractivity contribution in [3.63, 3.8) is 0 Å². The van der Waals surface area contributed by atoms with E-state index in [1.807, 2.05) is 17.7 Å². The molecule has 1 heterocycles. The van der Waals surface area contributed by atoms with E-state index in [1.165, 1.54) is 18.4 Å². The van der Waals surface area contributed by atoms with E-state index in [0.717, 1.165) is 28.0 Å². The van der Waals surface area contributed by atoms with Crippen molar-refractivity contribution in [3.05, 3.63) is 51.3 Å². The summed E-state index contributed by atoms with van der Waals surface area (Å²) in [6.07, 6.45) is 2.67. The third-order valence-corrected chi connectivity index (χ3v) is 5.22. The van der Waals surface area contributed by atoms with Crippen LogP contribution in [-0.4, -0.2) is 14.9 Å². The number of nitrogens with zero attached hydrogens (tertiary/aromatic N) is 2. The van der Waals surface area contributed by atoms with Crippen molar-refractivity contribution >= 4 is 15.9 Å². The molecule has 4 heteroatoms. The molecule has 112 valence electrons. The Kier molecular flexibility index (Phi) is 4.18. The average Bonchev–Trinajstić information content (AvgIpc) is 3.30. The summed E-state index contributed by atoms with van der Waals surface area (Å²) in [5, 5.41) is 15.1. The summed E-state index contributed by atoms with van der Waals surface area (Å²) in [5.74, 6) is 0.715. The molecule has 0 amide bonds. The fourth-order valence-corrected chi connectivity index (χ4v) is 3.25. The molecule has 1 aliphatic carbocycles. The number of hydrogen-bond acceptors (Lipinski definition) is 2. The molecule has 21 heavy (non-hydrogen) atoms. The average molecular weight is 349 g/mol. The van der Waals surface area contributed by atoms with E-state index in [0.29, 0.717) is 12.3 Å². The standard InChI is InChI=1S/C17H21BrN2O/c1-3-20-15(17(18)11(2)19-20)10-16(21)14-6-4-5-13(9-14)12-7-8-12/h4-6,9,12,16,21H,3,7-8,10H2,1-2H3. The Hall–Kier alpha value is -1.13. The molecule has 1 unspecified atom stereocenters. The van der Waals surface area contributed by atoms with Crippen LogP contribution >= 0.6 is 15.9 Å². The van der Waals surface area contributed by atoms with Gasteiger partial charge in [0.2, 0.25) is 0 Å². The number of rotatable bonds is 5. The van der Waals surface area contributed by atoms with E-state index in [9.17, 15) is 5.11 Å². The van der Waals surface area contributed by atoms with Gasteiger partial charge in [0, 0.05) is 13.0 Å². The first-order valence-corrected chi connectivity index (χ1v) is 8.39. The smallest absolute Gasteiger partial charge is 0.0845 e. The van der Waals surface area contributed by atoms with Crippen molar-refractivity contribution in [3.8, 4) is 0 Å². The van der Waals surface area contributed by atoms with Crippen LogP contribution in [0.5, 0.6) is 0 Å². The number of aliphatic hydroxyl groups excluding tert-OH is 1. The molecule has 0 radical (unpaired) electrons. The lowest BCUT2D eigenvalue weighted by Gasteiger charge is -2.14. The van der Waals surface area contributed by atoms with Gasteiger partial charge in [-0.1, -0.05) is 24.3 Å². The van der Waals surface area contributed by atoms with Gasteiger partial charge in [0.1, 0.15) is 0 Å². The van der Waals surface area contributed by atoms with Crippen LogP contribution in [0.25, 0.3) is 0 Å². The number of hydrogen-bond donors (Lipinski definition) is 1. The molecule has 1 fully saturated rings. The normalized spacial score (nSPS) is 16.2. The number of aromatic nitrogens is 2. The van der Waals surface area contributed by atoms with E-state index < -0.39 is 6.10 Å². The van der Waals surface area contributed by atoms with Gasteiger partial charge in [-0.2, -0.15) is 5.10 Å². The monoisotopic (exact) mass is 348 g/mol. The van der Waals surface area contributed by atoms with Crippen molar-refractivity contribution < 1.29 is 5.11 Å². The molecule has 2 aromatic rings. The largest absolute Gasteiger partial charge is 0.388 e. The van der Waals surface area contributed by atoms with Gasteiger partial charge in [0.05, 0.1) is 22.0 Å². The number of aryl methyl sites for hydroxylation is 2. The Morgan fingerprint density at radius 2 is 2.19 bits per heavy atom. The lowest BCUT2D eigenvalue weighted by molar-refractivity contribution is 0.175.